The highest BCUT2D eigenvalue weighted by molar-refractivity contribution is 8.18. The van der Waals surface area contributed by atoms with Crippen LogP contribution in [-0.2, 0) is 29.9 Å². The van der Waals surface area contributed by atoms with Gasteiger partial charge in [-0.15, -0.1) is 0 Å². The van der Waals surface area contributed by atoms with Gasteiger partial charge < -0.3 is 28.4 Å². The third kappa shape index (κ3) is 10.9. The van der Waals surface area contributed by atoms with E-state index in [4.69, 9.17) is 33.7 Å². The number of alkyl halides is 3. The summed E-state index contributed by atoms with van der Waals surface area (Å²) in [5.74, 6) is 1.58. The third-order valence-corrected chi connectivity index (χ3v) is 10.0. The molecule has 2 aliphatic carbocycles. The van der Waals surface area contributed by atoms with E-state index in [1.165, 1.54) is 69.6 Å². The number of nitriles is 1. The number of carbonyl (C=O) groups excluding carboxylic acids is 2. The van der Waals surface area contributed by atoms with Gasteiger partial charge in [0.15, 0.2) is 11.5 Å². The number of carbonyl (C=O) groups is 2. The number of amides is 2. The lowest BCUT2D eigenvalue weighted by Gasteiger charge is -2.41. The van der Waals surface area contributed by atoms with E-state index in [1.54, 1.807) is 6.07 Å². The molecule has 2 bridgehead atoms. The van der Waals surface area contributed by atoms with Gasteiger partial charge in [-0.05, 0) is 104 Å². The topological polar surface area (TPSA) is 117 Å². The zero-order valence-electron chi connectivity index (χ0n) is 28.7. The van der Waals surface area contributed by atoms with Crippen LogP contribution in [0.1, 0.15) is 55.7 Å². The minimum atomic E-state index is -4.76. The number of ether oxygens (including phenoxy) is 6. The maximum Gasteiger partial charge on any atom is 0.420 e. The molecule has 1 saturated heterocycles. The van der Waals surface area contributed by atoms with Crippen molar-refractivity contribution in [2.75, 3.05) is 59.9 Å². The van der Waals surface area contributed by atoms with E-state index in [9.17, 15) is 22.8 Å². The zero-order valence-corrected chi connectivity index (χ0v) is 29.6. The van der Waals surface area contributed by atoms with E-state index in [0.717, 1.165) is 40.5 Å². The van der Waals surface area contributed by atoms with Gasteiger partial charge in [0.25, 0.3) is 11.1 Å². The first kappa shape index (κ1) is 38.6. The standard InChI is InChI=1S/C37H43F3N2O8S/c1-24-15-27-17-28(16-24)19-29(18-27)49-14-13-48-12-11-47-10-9-46-8-7-42-35(43)34(51-36(42)44)22-25-3-6-32(33(21-25)45-2)50-31-5-4-26(23-41)20-30(31)37(38,39)40/h3-6,20-22,24,27-29H,7-19H2,1-2H3/b34-22-. The highest BCUT2D eigenvalue weighted by atomic mass is 32.2. The monoisotopic (exact) mass is 732 g/mol. The van der Waals surface area contributed by atoms with Crippen molar-refractivity contribution in [3.8, 4) is 23.3 Å². The van der Waals surface area contributed by atoms with E-state index in [2.05, 4.69) is 6.92 Å². The van der Waals surface area contributed by atoms with Gasteiger partial charge in [0, 0.05) is 0 Å². The molecule has 51 heavy (non-hydrogen) atoms. The zero-order chi connectivity index (χ0) is 36.4. The number of halogens is 3. The van der Waals surface area contributed by atoms with Crippen molar-refractivity contribution in [2.24, 2.45) is 17.8 Å². The Morgan fingerprint density at radius 3 is 2.16 bits per heavy atom. The van der Waals surface area contributed by atoms with Gasteiger partial charge in [0.05, 0.1) is 88.1 Å². The van der Waals surface area contributed by atoms with Crippen molar-refractivity contribution >= 4 is 29.0 Å². The smallest absolute Gasteiger partial charge is 0.420 e. The first-order chi connectivity index (χ1) is 24.5. The van der Waals surface area contributed by atoms with Crippen LogP contribution < -0.4 is 9.47 Å². The summed E-state index contributed by atoms with van der Waals surface area (Å²) < 4.78 is 74.5. The van der Waals surface area contributed by atoms with Crippen molar-refractivity contribution < 1.29 is 51.2 Å². The summed E-state index contributed by atoms with van der Waals surface area (Å²) in [6, 6.07) is 9.07. The molecule has 1 aliphatic heterocycles. The molecule has 0 spiro atoms. The molecule has 5 rings (SSSR count). The van der Waals surface area contributed by atoms with E-state index < -0.39 is 28.6 Å². The largest absolute Gasteiger partial charge is 0.493 e. The molecule has 10 nitrogen and oxygen atoms in total. The Morgan fingerprint density at radius 2 is 1.51 bits per heavy atom. The van der Waals surface area contributed by atoms with Crippen LogP contribution in [-0.4, -0.2) is 82.1 Å². The van der Waals surface area contributed by atoms with Crippen molar-refractivity contribution in [3.05, 3.63) is 58.0 Å². The van der Waals surface area contributed by atoms with Gasteiger partial charge in [-0.2, -0.15) is 18.4 Å². The third-order valence-electron chi connectivity index (χ3n) is 9.11. The van der Waals surface area contributed by atoms with Crippen LogP contribution in [0.2, 0.25) is 0 Å². The maximum atomic E-state index is 13.6. The number of hydrogen-bond donors (Lipinski definition) is 0. The lowest BCUT2D eigenvalue weighted by molar-refractivity contribution is -0.138. The Morgan fingerprint density at radius 1 is 0.863 bits per heavy atom. The Balaban J connectivity index is 0.982. The number of methoxy groups -OCH3 is 1. The van der Waals surface area contributed by atoms with Crippen LogP contribution >= 0.6 is 11.8 Å². The fraction of sp³-hybridized carbons (Fsp3) is 0.541. The molecule has 2 atom stereocenters. The lowest BCUT2D eigenvalue weighted by Crippen LogP contribution is -2.34. The molecule has 0 aromatic heterocycles. The molecule has 2 aromatic carbocycles. The molecule has 1 heterocycles. The molecule has 2 unspecified atom stereocenters. The first-order valence-corrected chi connectivity index (χ1v) is 17.9. The maximum absolute atomic E-state index is 13.6. The van der Waals surface area contributed by atoms with Gasteiger partial charge in [-0.25, -0.2) is 0 Å². The summed E-state index contributed by atoms with van der Waals surface area (Å²) in [6.07, 6.45) is 3.47. The molecular formula is C37H43F3N2O8S. The molecule has 3 aliphatic rings. The van der Waals surface area contributed by atoms with Crippen LogP contribution in [0.25, 0.3) is 6.08 Å². The number of rotatable bonds is 17. The molecule has 2 saturated carbocycles. The summed E-state index contributed by atoms with van der Waals surface area (Å²) in [5, 5.41) is 8.56. The fourth-order valence-electron chi connectivity index (χ4n) is 6.96. The van der Waals surface area contributed by atoms with Gasteiger partial charge >= 0.3 is 6.18 Å². The van der Waals surface area contributed by atoms with E-state index in [0.29, 0.717) is 57.4 Å². The predicted octanol–water partition coefficient (Wildman–Crippen LogP) is 7.70. The summed E-state index contributed by atoms with van der Waals surface area (Å²) in [6.45, 7) is 5.21. The SMILES string of the molecule is COc1cc(/C=C2\SC(=O)N(CCOCCOCCOCCOC3CC4CC(C)CC(C4)C3)C2=O)ccc1Oc1ccc(C#N)cc1C(F)(F)F. The second kappa shape index (κ2) is 18.2. The molecule has 3 fully saturated rings. The first-order valence-electron chi connectivity index (χ1n) is 17.1. The number of imide groups is 1. The molecule has 0 radical (unpaired) electrons. The summed E-state index contributed by atoms with van der Waals surface area (Å²) in [7, 11) is 1.32. The number of nitrogens with zero attached hydrogens (tertiary/aromatic N) is 2. The predicted molar refractivity (Wildman–Crippen MR) is 183 cm³/mol. The Labute approximate surface area is 300 Å². The summed E-state index contributed by atoms with van der Waals surface area (Å²) >= 11 is 0.772. The molecule has 14 heteroatoms. The van der Waals surface area contributed by atoms with Crippen LogP contribution in [0.15, 0.2) is 41.3 Å². The molecule has 2 aromatic rings. The number of fused-ring (bicyclic) bond motifs is 2. The summed E-state index contributed by atoms with van der Waals surface area (Å²) in [4.78, 5) is 26.8. The average molecular weight is 733 g/mol. The minimum Gasteiger partial charge on any atom is -0.493 e. The highest BCUT2D eigenvalue weighted by Crippen LogP contribution is 2.44. The van der Waals surface area contributed by atoms with Crippen LogP contribution in [0.4, 0.5) is 18.0 Å². The van der Waals surface area contributed by atoms with Crippen molar-refractivity contribution in [3.63, 3.8) is 0 Å². The minimum absolute atomic E-state index is 0.0116. The Bertz CT molecular complexity index is 1580. The molecular weight excluding hydrogens is 689 g/mol. The van der Waals surface area contributed by atoms with Crippen LogP contribution in [0.5, 0.6) is 17.2 Å². The normalized spacial score (nSPS) is 22.7. The second-order valence-electron chi connectivity index (χ2n) is 13.0. The number of benzene rings is 2. The van der Waals surface area contributed by atoms with Gasteiger partial charge in [0.1, 0.15) is 5.75 Å². The van der Waals surface area contributed by atoms with E-state index in [-0.39, 0.29) is 35.1 Å². The van der Waals surface area contributed by atoms with Gasteiger partial charge in [-0.3, -0.25) is 14.5 Å². The summed E-state index contributed by atoms with van der Waals surface area (Å²) in [5.41, 5.74) is -0.804. The van der Waals surface area contributed by atoms with Gasteiger partial charge in [0.2, 0.25) is 0 Å². The van der Waals surface area contributed by atoms with Crippen molar-refractivity contribution in [1.82, 2.24) is 4.90 Å². The Kier molecular flexibility index (Phi) is 13.8. The fourth-order valence-corrected chi connectivity index (χ4v) is 7.83. The van der Waals surface area contributed by atoms with Crippen molar-refractivity contribution in [2.45, 2.75) is 51.3 Å². The molecule has 0 N–H and O–H groups in total. The molecule has 2 amide bonds. The molecule has 276 valence electrons. The van der Waals surface area contributed by atoms with Crippen molar-refractivity contribution in [1.29, 1.82) is 5.26 Å². The quantitative estimate of drug-likeness (QED) is 0.118. The number of hydrogen-bond acceptors (Lipinski definition) is 10. The van der Waals surface area contributed by atoms with Gasteiger partial charge in [-0.1, -0.05) is 13.0 Å². The van der Waals surface area contributed by atoms with Crippen LogP contribution in [0, 0.1) is 29.1 Å². The lowest BCUT2D eigenvalue weighted by atomic mass is 9.67. The van der Waals surface area contributed by atoms with Crippen LogP contribution in [0.3, 0.4) is 0 Å². The van der Waals surface area contributed by atoms with E-state index >= 15 is 0 Å². The Hall–Kier alpha value is -3.61. The number of thioether (sulfide) groups is 1. The highest BCUT2D eigenvalue weighted by Gasteiger charge is 2.37. The average Bonchev–Trinajstić information content (AvgIpc) is 3.35. The second-order valence-corrected chi connectivity index (χ2v) is 14.0. The van der Waals surface area contributed by atoms with E-state index in [1.807, 2.05) is 0 Å².